The molecule has 0 N–H and O–H groups in total. The molecule has 5 heteroatoms. The standard InChI is InChI=1S/C15H16N2OS2/c1-2-14-16-15(20-17-14)19-9-13(18)12-7-6-10-4-3-5-11(10)8-12/h6-8H,2-5,9H2,1H3. The van der Waals surface area contributed by atoms with Crippen LogP contribution in [-0.4, -0.2) is 20.9 Å². The summed E-state index contributed by atoms with van der Waals surface area (Å²) in [5.74, 6) is 1.48. The monoisotopic (exact) mass is 304 g/mol. The molecule has 1 aromatic heterocycles. The maximum atomic E-state index is 12.2. The van der Waals surface area contributed by atoms with E-state index in [0.717, 1.165) is 35.0 Å². The molecule has 0 amide bonds. The molecule has 1 aliphatic carbocycles. The Balaban J connectivity index is 1.64. The van der Waals surface area contributed by atoms with Crippen molar-refractivity contribution < 1.29 is 4.79 Å². The van der Waals surface area contributed by atoms with E-state index in [1.807, 2.05) is 13.0 Å². The number of hydrogen-bond donors (Lipinski definition) is 0. The van der Waals surface area contributed by atoms with Gasteiger partial charge in [0.05, 0.1) is 5.75 Å². The number of carbonyl (C=O) groups is 1. The fraction of sp³-hybridized carbons (Fsp3) is 0.400. The Hall–Kier alpha value is -1.20. The number of rotatable bonds is 5. The third-order valence-electron chi connectivity index (χ3n) is 3.51. The highest BCUT2D eigenvalue weighted by molar-refractivity contribution is 8.01. The molecular weight excluding hydrogens is 288 g/mol. The molecule has 0 fully saturated rings. The average molecular weight is 304 g/mol. The van der Waals surface area contributed by atoms with E-state index in [4.69, 9.17) is 0 Å². The third-order valence-corrected chi connectivity index (χ3v) is 5.38. The topological polar surface area (TPSA) is 42.9 Å². The van der Waals surface area contributed by atoms with Crippen molar-refractivity contribution in [3.8, 4) is 0 Å². The van der Waals surface area contributed by atoms with Gasteiger partial charge in [0, 0.05) is 12.0 Å². The number of aryl methyl sites for hydroxylation is 3. The van der Waals surface area contributed by atoms with E-state index < -0.39 is 0 Å². The van der Waals surface area contributed by atoms with Crippen LogP contribution in [0.3, 0.4) is 0 Å². The second-order valence-electron chi connectivity index (χ2n) is 4.88. The quantitative estimate of drug-likeness (QED) is 0.625. The third kappa shape index (κ3) is 2.94. The van der Waals surface area contributed by atoms with Gasteiger partial charge in [-0.15, -0.1) is 0 Å². The fourth-order valence-electron chi connectivity index (χ4n) is 2.40. The van der Waals surface area contributed by atoms with Crippen molar-refractivity contribution in [3.05, 3.63) is 40.7 Å². The van der Waals surface area contributed by atoms with Crippen molar-refractivity contribution in [1.29, 1.82) is 0 Å². The highest BCUT2D eigenvalue weighted by Gasteiger charge is 2.14. The van der Waals surface area contributed by atoms with Crippen LogP contribution in [0.25, 0.3) is 0 Å². The van der Waals surface area contributed by atoms with Crippen LogP contribution in [0.1, 0.15) is 40.7 Å². The fourth-order valence-corrected chi connectivity index (χ4v) is 3.99. The number of hydrogen-bond acceptors (Lipinski definition) is 5. The first-order valence-electron chi connectivity index (χ1n) is 6.86. The smallest absolute Gasteiger partial charge is 0.173 e. The minimum atomic E-state index is 0.179. The molecule has 1 aromatic carbocycles. The molecular formula is C15H16N2OS2. The molecule has 1 heterocycles. The zero-order valence-electron chi connectivity index (χ0n) is 11.4. The van der Waals surface area contributed by atoms with E-state index in [1.165, 1.54) is 40.8 Å². The Bertz CT molecular complexity index is 637. The lowest BCUT2D eigenvalue weighted by molar-refractivity contribution is 0.102. The molecule has 2 aromatic rings. The maximum absolute atomic E-state index is 12.2. The van der Waals surface area contributed by atoms with Gasteiger partial charge in [0.15, 0.2) is 10.1 Å². The second-order valence-corrected chi connectivity index (χ2v) is 6.85. The van der Waals surface area contributed by atoms with Gasteiger partial charge < -0.3 is 0 Å². The number of benzene rings is 1. The summed E-state index contributed by atoms with van der Waals surface area (Å²) in [6.07, 6.45) is 4.32. The van der Waals surface area contributed by atoms with Gasteiger partial charge in [0.25, 0.3) is 0 Å². The second kappa shape index (κ2) is 6.06. The molecule has 0 spiro atoms. The molecule has 0 saturated heterocycles. The summed E-state index contributed by atoms with van der Waals surface area (Å²) in [4.78, 5) is 16.6. The molecule has 0 unspecified atom stereocenters. The summed E-state index contributed by atoms with van der Waals surface area (Å²) in [7, 11) is 0. The molecule has 1 aliphatic rings. The number of ketones is 1. The van der Waals surface area contributed by atoms with Gasteiger partial charge in [-0.25, -0.2) is 4.98 Å². The number of carbonyl (C=O) groups excluding carboxylic acids is 1. The van der Waals surface area contributed by atoms with Crippen LogP contribution in [-0.2, 0) is 19.3 Å². The van der Waals surface area contributed by atoms with Crippen LogP contribution in [0.4, 0.5) is 0 Å². The first kappa shape index (κ1) is 13.8. The van der Waals surface area contributed by atoms with E-state index in [9.17, 15) is 4.79 Å². The van der Waals surface area contributed by atoms with Gasteiger partial charge in [-0.1, -0.05) is 30.8 Å². The molecule has 20 heavy (non-hydrogen) atoms. The minimum Gasteiger partial charge on any atom is -0.293 e. The summed E-state index contributed by atoms with van der Waals surface area (Å²) in [5.41, 5.74) is 3.59. The highest BCUT2D eigenvalue weighted by Crippen LogP contribution is 2.25. The van der Waals surface area contributed by atoms with E-state index in [0.29, 0.717) is 5.75 Å². The molecule has 0 bridgehead atoms. The van der Waals surface area contributed by atoms with Gasteiger partial charge in [-0.05, 0) is 48.0 Å². The van der Waals surface area contributed by atoms with Crippen molar-refractivity contribution >= 4 is 29.1 Å². The lowest BCUT2D eigenvalue weighted by Gasteiger charge is -2.03. The van der Waals surface area contributed by atoms with Gasteiger partial charge in [0.2, 0.25) is 0 Å². The number of aromatic nitrogens is 2. The highest BCUT2D eigenvalue weighted by atomic mass is 32.2. The van der Waals surface area contributed by atoms with Crippen LogP contribution >= 0.6 is 23.3 Å². The molecule has 3 nitrogen and oxygen atoms in total. The first-order chi connectivity index (χ1) is 9.76. The molecule has 3 rings (SSSR count). The number of nitrogens with zero attached hydrogens (tertiary/aromatic N) is 2. The predicted octanol–water partition coefficient (Wildman–Crippen LogP) is 3.56. The molecule has 0 atom stereocenters. The molecule has 0 aliphatic heterocycles. The number of thioether (sulfide) groups is 1. The van der Waals surface area contributed by atoms with Gasteiger partial charge in [-0.2, -0.15) is 4.37 Å². The largest absolute Gasteiger partial charge is 0.293 e. The molecule has 0 saturated carbocycles. The predicted molar refractivity (Wildman–Crippen MR) is 82.8 cm³/mol. The Morgan fingerprint density at radius 1 is 1.35 bits per heavy atom. The Kier molecular flexibility index (Phi) is 4.17. The van der Waals surface area contributed by atoms with Crippen LogP contribution < -0.4 is 0 Å². The van der Waals surface area contributed by atoms with Crippen molar-refractivity contribution in [1.82, 2.24) is 9.36 Å². The van der Waals surface area contributed by atoms with E-state index in [2.05, 4.69) is 21.5 Å². The van der Waals surface area contributed by atoms with Crippen molar-refractivity contribution in [2.45, 2.75) is 36.9 Å². The van der Waals surface area contributed by atoms with E-state index >= 15 is 0 Å². The van der Waals surface area contributed by atoms with Crippen LogP contribution in [0.2, 0.25) is 0 Å². The minimum absolute atomic E-state index is 0.179. The van der Waals surface area contributed by atoms with E-state index in [-0.39, 0.29) is 5.78 Å². The van der Waals surface area contributed by atoms with Crippen molar-refractivity contribution in [2.24, 2.45) is 0 Å². The summed E-state index contributed by atoms with van der Waals surface area (Å²) in [5, 5.41) is 0. The van der Waals surface area contributed by atoms with Crippen LogP contribution in [0, 0.1) is 0 Å². The normalized spacial score (nSPS) is 13.4. The number of fused-ring (bicyclic) bond motifs is 1. The SMILES string of the molecule is CCc1nsc(SCC(=O)c2ccc3c(c2)CCC3)n1. The molecule has 104 valence electrons. The van der Waals surface area contributed by atoms with Crippen molar-refractivity contribution in [2.75, 3.05) is 5.75 Å². The summed E-state index contributed by atoms with van der Waals surface area (Å²) >= 11 is 2.87. The van der Waals surface area contributed by atoms with Crippen LogP contribution in [0.5, 0.6) is 0 Å². The first-order valence-corrected chi connectivity index (χ1v) is 8.62. The summed E-state index contributed by atoms with van der Waals surface area (Å²) in [6.45, 7) is 2.03. The average Bonchev–Trinajstić information content (AvgIpc) is 3.12. The summed E-state index contributed by atoms with van der Waals surface area (Å²) in [6, 6.07) is 6.15. The van der Waals surface area contributed by atoms with Crippen LogP contribution in [0.15, 0.2) is 22.5 Å². The van der Waals surface area contributed by atoms with Gasteiger partial charge in [0.1, 0.15) is 5.82 Å². The number of Topliss-reactive ketones (excluding diaryl/α,β-unsaturated/α-hetero) is 1. The van der Waals surface area contributed by atoms with Gasteiger partial charge >= 0.3 is 0 Å². The Labute approximate surface area is 127 Å². The lowest BCUT2D eigenvalue weighted by Crippen LogP contribution is -2.03. The molecule has 0 radical (unpaired) electrons. The van der Waals surface area contributed by atoms with E-state index in [1.54, 1.807) is 0 Å². The summed E-state index contributed by atoms with van der Waals surface area (Å²) < 4.78 is 5.12. The van der Waals surface area contributed by atoms with Crippen molar-refractivity contribution in [3.63, 3.8) is 0 Å². The zero-order chi connectivity index (χ0) is 13.9. The Morgan fingerprint density at radius 2 is 2.20 bits per heavy atom. The Morgan fingerprint density at radius 3 is 3.00 bits per heavy atom. The lowest BCUT2D eigenvalue weighted by atomic mass is 10.0. The maximum Gasteiger partial charge on any atom is 0.173 e. The van der Waals surface area contributed by atoms with Gasteiger partial charge in [-0.3, -0.25) is 4.79 Å². The zero-order valence-corrected chi connectivity index (χ0v) is 13.0.